The maximum atomic E-state index is 11.6. The summed E-state index contributed by atoms with van der Waals surface area (Å²) in [6.45, 7) is 3.62. The molecule has 2 N–H and O–H groups in total. The predicted molar refractivity (Wildman–Crippen MR) is 138 cm³/mol. The monoisotopic (exact) mass is 493 g/mol. The molecule has 0 aromatic rings. The number of unbranched alkanes of at least 4 members (excludes halogenated alkanes) is 13. The molecule has 0 aliphatic heterocycles. The number of amides is 1. The SMILES string of the molecule is CCCCCCCCCCCCCCCCC(COP(O)OCC[N+](C)(C)C)OC(=O)NC. The Morgan fingerprint density at radius 2 is 1.33 bits per heavy atom. The lowest BCUT2D eigenvalue weighted by Gasteiger charge is -2.24. The molecule has 0 saturated carbocycles. The van der Waals surface area contributed by atoms with Crippen molar-refractivity contribution in [3.05, 3.63) is 0 Å². The minimum atomic E-state index is -1.95. The maximum Gasteiger partial charge on any atom is 0.407 e. The fourth-order valence-electron chi connectivity index (χ4n) is 3.53. The van der Waals surface area contributed by atoms with Gasteiger partial charge in [0.05, 0.1) is 27.7 Å². The van der Waals surface area contributed by atoms with Gasteiger partial charge < -0.3 is 28.5 Å². The summed E-state index contributed by atoms with van der Waals surface area (Å²) in [5.41, 5.74) is 0. The molecule has 1 amide bonds. The molecule has 0 radical (unpaired) electrons. The first-order valence-corrected chi connectivity index (χ1v) is 14.3. The van der Waals surface area contributed by atoms with Gasteiger partial charge in [-0.3, -0.25) is 0 Å². The molecule has 198 valence electrons. The summed E-state index contributed by atoms with van der Waals surface area (Å²) in [6, 6.07) is 0. The third-order valence-corrected chi connectivity index (χ3v) is 6.47. The molecule has 0 aromatic heterocycles. The summed E-state index contributed by atoms with van der Waals surface area (Å²) >= 11 is 0. The van der Waals surface area contributed by atoms with Crippen molar-refractivity contribution in [2.75, 3.05) is 47.9 Å². The van der Waals surface area contributed by atoms with Crippen molar-refractivity contribution < 1.29 is 28.0 Å². The Hall–Kier alpha value is -0.460. The molecule has 0 saturated heterocycles. The van der Waals surface area contributed by atoms with E-state index < -0.39 is 14.7 Å². The van der Waals surface area contributed by atoms with Crippen LogP contribution in [-0.4, -0.2) is 69.5 Å². The van der Waals surface area contributed by atoms with Gasteiger partial charge in [0, 0.05) is 7.05 Å². The van der Waals surface area contributed by atoms with Crippen LogP contribution >= 0.6 is 8.60 Å². The Kier molecular flexibility index (Phi) is 21.7. The first-order chi connectivity index (χ1) is 15.8. The van der Waals surface area contributed by atoms with Crippen LogP contribution in [0.1, 0.15) is 103 Å². The van der Waals surface area contributed by atoms with E-state index in [0.29, 0.717) is 6.61 Å². The fourth-order valence-corrected chi connectivity index (χ4v) is 4.14. The van der Waals surface area contributed by atoms with Gasteiger partial charge in [-0.15, -0.1) is 0 Å². The Morgan fingerprint density at radius 1 is 0.848 bits per heavy atom. The summed E-state index contributed by atoms with van der Waals surface area (Å²) in [5.74, 6) is 0. The first kappa shape index (κ1) is 32.5. The van der Waals surface area contributed by atoms with Crippen LogP contribution in [0.2, 0.25) is 0 Å². The van der Waals surface area contributed by atoms with Gasteiger partial charge in [-0.25, -0.2) is 4.79 Å². The fraction of sp³-hybridized carbons (Fsp3) is 0.960. The highest BCUT2D eigenvalue weighted by Crippen LogP contribution is 2.33. The Balaban J connectivity index is 3.80. The molecule has 0 aliphatic rings. The number of nitrogens with zero attached hydrogens (tertiary/aromatic N) is 1. The second-order valence-corrected chi connectivity index (χ2v) is 11.0. The lowest BCUT2D eigenvalue weighted by molar-refractivity contribution is -0.870. The van der Waals surface area contributed by atoms with Crippen LogP contribution in [0.5, 0.6) is 0 Å². The van der Waals surface area contributed by atoms with Crippen LogP contribution in [0.3, 0.4) is 0 Å². The third kappa shape index (κ3) is 24.5. The van der Waals surface area contributed by atoms with E-state index in [2.05, 4.69) is 33.4 Å². The molecule has 8 heteroatoms. The van der Waals surface area contributed by atoms with E-state index in [4.69, 9.17) is 13.8 Å². The van der Waals surface area contributed by atoms with Gasteiger partial charge in [0.1, 0.15) is 19.3 Å². The quantitative estimate of drug-likeness (QED) is 0.0960. The number of ether oxygens (including phenoxy) is 1. The molecule has 0 rings (SSSR count). The highest BCUT2D eigenvalue weighted by atomic mass is 31.2. The van der Waals surface area contributed by atoms with E-state index in [0.717, 1.165) is 30.3 Å². The molecule has 0 bridgehead atoms. The van der Waals surface area contributed by atoms with Gasteiger partial charge in [0.15, 0.2) is 0 Å². The molecular formula is C25H54N2O5P+. The molecule has 7 nitrogen and oxygen atoms in total. The van der Waals surface area contributed by atoms with Crippen molar-refractivity contribution in [1.29, 1.82) is 0 Å². The predicted octanol–water partition coefficient (Wildman–Crippen LogP) is 6.54. The first-order valence-electron chi connectivity index (χ1n) is 13.2. The number of rotatable bonds is 23. The minimum absolute atomic E-state index is 0.151. The molecule has 0 aromatic carbocycles. The van der Waals surface area contributed by atoms with Crippen molar-refractivity contribution in [2.45, 2.75) is 109 Å². The zero-order valence-corrected chi connectivity index (χ0v) is 23.2. The highest BCUT2D eigenvalue weighted by molar-refractivity contribution is 7.40. The Bertz CT molecular complexity index is 449. The number of carbonyl (C=O) groups is 1. The van der Waals surface area contributed by atoms with Gasteiger partial charge >= 0.3 is 14.7 Å². The van der Waals surface area contributed by atoms with Crippen LogP contribution < -0.4 is 5.32 Å². The third-order valence-electron chi connectivity index (χ3n) is 5.69. The summed E-state index contributed by atoms with van der Waals surface area (Å²) < 4.78 is 16.9. The van der Waals surface area contributed by atoms with E-state index in [1.807, 2.05) is 0 Å². The number of nitrogens with one attached hydrogen (secondary N) is 1. The van der Waals surface area contributed by atoms with E-state index in [-0.39, 0.29) is 12.7 Å². The molecule has 33 heavy (non-hydrogen) atoms. The van der Waals surface area contributed by atoms with Crippen molar-refractivity contribution in [3.8, 4) is 0 Å². The lowest BCUT2D eigenvalue weighted by Crippen LogP contribution is -2.37. The van der Waals surface area contributed by atoms with Crippen LogP contribution in [-0.2, 0) is 13.8 Å². The standard InChI is InChI=1S/C25H53N2O5P/c1-6-7-8-9-10-11-12-13-14-15-16-17-18-19-20-24(32-25(28)26-2)23-31-33(29)30-22-21-27(3,4)5/h24,29H,6-23H2,1-5H3/p+1. The molecule has 0 fully saturated rings. The van der Waals surface area contributed by atoms with Crippen LogP contribution in [0, 0.1) is 0 Å². The zero-order chi connectivity index (χ0) is 24.8. The van der Waals surface area contributed by atoms with Crippen LogP contribution in [0.25, 0.3) is 0 Å². The molecule has 0 heterocycles. The minimum Gasteiger partial charge on any atom is -0.444 e. The number of hydrogen-bond acceptors (Lipinski definition) is 5. The topological polar surface area (TPSA) is 77.0 Å². The highest BCUT2D eigenvalue weighted by Gasteiger charge is 2.18. The van der Waals surface area contributed by atoms with Gasteiger partial charge in [-0.1, -0.05) is 90.4 Å². The molecular weight excluding hydrogens is 439 g/mol. The number of likely N-dealkylation sites (N-methyl/N-ethyl adjacent to an activating group) is 1. The largest absolute Gasteiger partial charge is 0.444 e. The van der Waals surface area contributed by atoms with E-state index in [1.165, 1.54) is 77.0 Å². The number of hydrogen-bond donors (Lipinski definition) is 2. The van der Waals surface area contributed by atoms with Gasteiger partial charge in [0.2, 0.25) is 0 Å². The van der Waals surface area contributed by atoms with Gasteiger partial charge in [-0.05, 0) is 12.8 Å². The van der Waals surface area contributed by atoms with Gasteiger partial charge in [-0.2, -0.15) is 0 Å². The summed E-state index contributed by atoms with van der Waals surface area (Å²) in [6.07, 6.45) is 18.2. The molecule has 2 unspecified atom stereocenters. The van der Waals surface area contributed by atoms with Crippen molar-refractivity contribution in [1.82, 2.24) is 5.32 Å². The van der Waals surface area contributed by atoms with E-state index in [9.17, 15) is 9.69 Å². The zero-order valence-electron chi connectivity index (χ0n) is 22.3. The summed E-state index contributed by atoms with van der Waals surface area (Å²) in [7, 11) is 5.78. The maximum absolute atomic E-state index is 11.6. The number of alkyl carbamates (subject to hydrolysis) is 1. The second-order valence-electron chi connectivity index (χ2n) is 10.0. The van der Waals surface area contributed by atoms with Crippen molar-refractivity contribution in [3.63, 3.8) is 0 Å². The Morgan fingerprint density at radius 3 is 1.79 bits per heavy atom. The van der Waals surface area contributed by atoms with E-state index >= 15 is 0 Å². The average Bonchev–Trinajstić information content (AvgIpc) is 2.76. The van der Waals surface area contributed by atoms with Crippen LogP contribution in [0.4, 0.5) is 4.79 Å². The Labute approximate surface area is 205 Å². The molecule has 0 aliphatic carbocycles. The van der Waals surface area contributed by atoms with Crippen LogP contribution in [0.15, 0.2) is 0 Å². The normalized spacial score (nSPS) is 13.6. The van der Waals surface area contributed by atoms with Crippen molar-refractivity contribution >= 4 is 14.7 Å². The van der Waals surface area contributed by atoms with Gasteiger partial charge in [0.25, 0.3) is 0 Å². The number of carbonyl (C=O) groups excluding carboxylic acids is 1. The second kappa shape index (κ2) is 22.0. The summed E-state index contributed by atoms with van der Waals surface area (Å²) in [5, 5.41) is 2.48. The van der Waals surface area contributed by atoms with E-state index in [1.54, 1.807) is 7.05 Å². The number of quaternary nitrogens is 1. The molecule has 2 atom stereocenters. The van der Waals surface area contributed by atoms with Crippen molar-refractivity contribution in [2.24, 2.45) is 0 Å². The lowest BCUT2D eigenvalue weighted by atomic mass is 10.0. The smallest absolute Gasteiger partial charge is 0.407 e. The molecule has 0 spiro atoms. The summed E-state index contributed by atoms with van der Waals surface area (Å²) in [4.78, 5) is 21.6. The average molecular weight is 494 g/mol.